The molecular weight excluding hydrogens is 300 g/mol. The summed E-state index contributed by atoms with van der Waals surface area (Å²) in [7, 11) is 0. The van der Waals surface area contributed by atoms with Gasteiger partial charge in [0.25, 0.3) is 0 Å². The monoisotopic (exact) mass is 338 g/mol. The van der Waals surface area contributed by atoms with Crippen LogP contribution in [0.4, 0.5) is 4.79 Å². The third-order valence-corrected chi connectivity index (χ3v) is 6.37. The molecule has 0 aliphatic heterocycles. The highest BCUT2D eigenvalue weighted by Crippen LogP contribution is 2.44. The fourth-order valence-corrected chi connectivity index (χ4v) is 4.68. The summed E-state index contributed by atoms with van der Waals surface area (Å²) < 4.78 is 10.7. The Morgan fingerprint density at radius 1 is 0.958 bits per heavy atom. The Balaban J connectivity index is 1.70. The molecule has 0 saturated heterocycles. The summed E-state index contributed by atoms with van der Waals surface area (Å²) in [6, 6.07) is 0. The van der Waals surface area contributed by atoms with Crippen molar-refractivity contribution in [1.82, 2.24) is 0 Å². The fourth-order valence-electron chi connectivity index (χ4n) is 4.68. The highest BCUT2D eigenvalue weighted by atomic mass is 16.7. The molecule has 0 N–H and O–H groups in total. The summed E-state index contributed by atoms with van der Waals surface area (Å²) in [6.07, 6.45) is 14.7. The molecule has 0 amide bonds. The molecule has 24 heavy (non-hydrogen) atoms. The van der Waals surface area contributed by atoms with Crippen molar-refractivity contribution in [3.05, 3.63) is 0 Å². The van der Waals surface area contributed by atoms with E-state index in [0.717, 1.165) is 37.0 Å². The molecule has 0 bridgehead atoms. The van der Waals surface area contributed by atoms with E-state index in [0.29, 0.717) is 6.61 Å². The van der Waals surface area contributed by atoms with Gasteiger partial charge in [0.05, 0.1) is 6.61 Å². The normalized spacial score (nSPS) is 33.9. The Hall–Kier alpha value is -0.730. The van der Waals surface area contributed by atoms with E-state index in [-0.39, 0.29) is 5.60 Å². The third kappa shape index (κ3) is 5.97. The van der Waals surface area contributed by atoms with Crippen LogP contribution in [0.25, 0.3) is 0 Å². The zero-order chi connectivity index (χ0) is 17.4. The second-order valence-electron chi connectivity index (χ2n) is 8.41. The summed E-state index contributed by atoms with van der Waals surface area (Å²) in [5, 5.41) is 0. The van der Waals surface area contributed by atoms with Gasteiger partial charge >= 0.3 is 6.16 Å². The molecule has 0 radical (unpaired) electrons. The standard InChI is InChI=1S/C21H38O3/c1-4-6-7-17-8-10-18(11-9-17)19-12-14-21(3,15-13-19)24-20(22)23-16-5-2/h17-19H,4-16H2,1-3H3. The highest BCUT2D eigenvalue weighted by Gasteiger charge is 2.38. The van der Waals surface area contributed by atoms with Gasteiger partial charge in [-0.05, 0) is 69.6 Å². The molecule has 140 valence electrons. The maximum absolute atomic E-state index is 11.7. The largest absolute Gasteiger partial charge is 0.508 e. The number of ether oxygens (including phenoxy) is 2. The quantitative estimate of drug-likeness (QED) is 0.497. The molecule has 0 aromatic heterocycles. The molecule has 2 aliphatic rings. The first-order chi connectivity index (χ1) is 11.6. The molecule has 2 aliphatic carbocycles. The molecule has 3 heteroatoms. The van der Waals surface area contributed by atoms with Crippen LogP contribution in [0.5, 0.6) is 0 Å². The van der Waals surface area contributed by atoms with E-state index in [4.69, 9.17) is 9.47 Å². The van der Waals surface area contributed by atoms with E-state index >= 15 is 0 Å². The third-order valence-electron chi connectivity index (χ3n) is 6.37. The van der Waals surface area contributed by atoms with Crippen molar-refractivity contribution in [2.45, 2.75) is 103 Å². The van der Waals surface area contributed by atoms with Gasteiger partial charge in [0.15, 0.2) is 0 Å². The van der Waals surface area contributed by atoms with E-state index in [1.165, 1.54) is 57.8 Å². The molecule has 2 fully saturated rings. The fraction of sp³-hybridized carbons (Fsp3) is 0.952. The smallest absolute Gasteiger partial charge is 0.434 e. The van der Waals surface area contributed by atoms with Crippen LogP contribution in [-0.4, -0.2) is 18.4 Å². The van der Waals surface area contributed by atoms with Gasteiger partial charge in [0.1, 0.15) is 5.60 Å². The van der Waals surface area contributed by atoms with E-state index < -0.39 is 6.16 Å². The van der Waals surface area contributed by atoms with Crippen LogP contribution in [0.1, 0.15) is 97.8 Å². The van der Waals surface area contributed by atoms with Gasteiger partial charge in [0, 0.05) is 0 Å². The average molecular weight is 339 g/mol. The Bertz CT molecular complexity index is 363. The summed E-state index contributed by atoms with van der Waals surface area (Å²) in [4.78, 5) is 11.7. The summed E-state index contributed by atoms with van der Waals surface area (Å²) in [6.45, 7) is 6.83. The molecule has 2 rings (SSSR count). The number of hydrogen-bond donors (Lipinski definition) is 0. The van der Waals surface area contributed by atoms with Gasteiger partial charge < -0.3 is 9.47 Å². The molecule has 0 atom stereocenters. The lowest BCUT2D eigenvalue weighted by atomic mass is 9.68. The lowest BCUT2D eigenvalue weighted by molar-refractivity contribution is -0.0564. The predicted octanol–water partition coefficient (Wildman–Crippen LogP) is 6.50. The zero-order valence-electron chi connectivity index (χ0n) is 16.1. The van der Waals surface area contributed by atoms with E-state index in [9.17, 15) is 4.79 Å². The molecular formula is C21H38O3. The number of carbonyl (C=O) groups excluding carboxylic acids is 1. The average Bonchev–Trinajstić information content (AvgIpc) is 2.59. The second-order valence-corrected chi connectivity index (χ2v) is 8.41. The van der Waals surface area contributed by atoms with Gasteiger partial charge in [0.2, 0.25) is 0 Å². The first-order valence-corrected chi connectivity index (χ1v) is 10.4. The Morgan fingerprint density at radius 3 is 2.17 bits per heavy atom. The highest BCUT2D eigenvalue weighted by molar-refractivity contribution is 5.60. The van der Waals surface area contributed by atoms with Crippen LogP contribution in [-0.2, 0) is 9.47 Å². The van der Waals surface area contributed by atoms with Gasteiger partial charge in [-0.15, -0.1) is 0 Å². The maximum atomic E-state index is 11.7. The lowest BCUT2D eigenvalue weighted by Crippen LogP contribution is -2.38. The molecule has 3 nitrogen and oxygen atoms in total. The van der Waals surface area contributed by atoms with Gasteiger partial charge in [-0.3, -0.25) is 0 Å². The van der Waals surface area contributed by atoms with Crippen molar-refractivity contribution in [3.8, 4) is 0 Å². The minimum atomic E-state index is -0.478. The summed E-state index contributed by atoms with van der Waals surface area (Å²) in [5.41, 5.74) is -0.306. The van der Waals surface area contributed by atoms with Crippen LogP contribution in [0.15, 0.2) is 0 Å². The summed E-state index contributed by atoms with van der Waals surface area (Å²) >= 11 is 0. The number of unbranched alkanes of at least 4 members (excludes halogenated alkanes) is 1. The molecule has 0 aromatic rings. The van der Waals surface area contributed by atoms with Crippen molar-refractivity contribution in [3.63, 3.8) is 0 Å². The molecule has 0 aromatic carbocycles. The summed E-state index contributed by atoms with van der Waals surface area (Å²) in [5.74, 6) is 2.76. The topological polar surface area (TPSA) is 35.5 Å². The molecule has 2 saturated carbocycles. The van der Waals surface area contributed by atoms with E-state index in [1.54, 1.807) is 0 Å². The number of rotatable bonds is 7. The van der Waals surface area contributed by atoms with Crippen LogP contribution in [0.3, 0.4) is 0 Å². The van der Waals surface area contributed by atoms with Crippen LogP contribution < -0.4 is 0 Å². The van der Waals surface area contributed by atoms with Crippen molar-refractivity contribution >= 4 is 6.16 Å². The van der Waals surface area contributed by atoms with Crippen molar-refractivity contribution in [1.29, 1.82) is 0 Å². The predicted molar refractivity (Wildman–Crippen MR) is 98.1 cm³/mol. The first-order valence-electron chi connectivity index (χ1n) is 10.4. The second kappa shape index (κ2) is 9.68. The van der Waals surface area contributed by atoms with Gasteiger partial charge in [-0.2, -0.15) is 0 Å². The van der Waals surface area contributed by atoms with E-state index in [2.05, 4.69) is 13.8 Å². The minimum absolute atomic E-state index is 0.306. The molecule has 0 unspecified atom stereocenters. The van der Waals surface area contributed by atoms with E-state index in [1.807, 2.05) is 6.92 Å². The number of hydrogen-bond acceptors (Lipinski definition) is 3. The van der Waals surface area contributed by atoms with Crippen molar-refractivity contribution in [2.24, 2.45) is 17.8 Å². The molecule has 0 heterocycles. The minimum Gasteiger partial charge on any atom is -0.434 e. The van der Waals surface area contributed by atoms with Crippen LogP contribution in [0, 0.1) is 17.8 Å². The molecule has 0 spiro atoms. The Kier molecular flexibility index (Phi) is 7.90. The van der Waals surface area contributed by atoms with Crippen LogP contribution >= 0.6 is 0 Å². The van der Waals surface area contributed by atoms with Crippen LogP contribution in [0.2, 0.25) is 0 Å². The van der Waals surface area contributed by atoms with Crippen molar-refractivity contribution < 1.29 is 14.3 Å². The first kappa shape index (κ1) is 19.6. The van der Waals surface area contributed by atoms with Crippen molar-refractivity contribution in [2.75, 3.05) is 6.61 Å². The van der Waals surface area contributed by atoms with Gasteiger partial charge in [-0.25, -0.2) is 4.79 Å². The lowest BCUT2D eigenvalue weighted by Gasteiger charge is -2.41. The number of carbonyl (C=O) groups is 1. The maximum Gasteiger partial charge on any atom is 0.508 e. The zero-order valence-corrected chi connectivity index (χ0v) is 16.1. The van der Waals surface area contributed by atoms with Gasteiger partial charge in [-0.1, -0.05) is 46.0 Å². The SMILES string of the molecule is CCCCC1CCC(C2CCC(C)(OC(=O)OCCC)CC2)CC1. The Labute approximate surface area is 148 Å². The Morgan fingerprint density at radius 2 is 1.58 bits per heavy atom.